The summed E-state index contributed by atoms with van der Waals surface area (Å²) in [4.78, 5) is 14.6. The van der Waals surface area contributed by atoms with Crippen molar-refractivity contribution in [3.63, 3.8) is 0 Å². The van der Waals surface area contributed by atoms with E-state index in [1.165, 1.54) is 0 Å². The molecule has 0 spiro atoms. The smallest absolute Gasteiger partial charge is 0.261 e. The van der Waals surface area contributed by atoms with E-state index in [1.54, 1.807) is 32.4 Å². The maximum atomic E-state index is 12.8. The van der Waals surface area contributed by atoms with Crippen LogP contribution < -0.4 is 9.47 Å². The predicted octanol–water partition coefficient (Wildman–Crippen LogP) is 1.95. The minimum atomic E-state index is -0.0815. The fourth-order valence-corrected chi connectivity index (χ4v) is 2.43. The summed E-state index contributed by atoms with van der Waals surface area (Å²) in [7, 11) is 3.11. The van der Waals surface area contributed by atoms with Crippen LogP contribution in [0.5, 0.6) is 11.5 Å². The molecule has 1 fully saturated rings. The number of amides is 1. The van der Waals surface area contributed by atoms with Crippen LogP contribution in [0, 0.1) is 0 Å². The fraction of sp³-hybridized carbons (Fsp3) is 0.533. The zero-order valence-corrected chi connectivity index (χ0v) is 12.4. The van der Waals surface area contributed by atoms with Crippen LogP contribution in [0.2, 0.25) is 0 Å². The van der Waals surface area contributed by atoms with E-state index in [1.807, 2.05) is 18.7 Å². The lowest BCUT2D eigenvalue weighted by Gasteiger charge is -2.38. The highest BCUT2D eigenvalue weighted by molar-refractivity contribution is 6.00. The summed E-state index contributed by atoms with van der Waals surface area (Å²) in [6, 6.07) is 5.36. The lowest BCUT2D eigenvalue weighted by atomic mass is 10.1. The number of nitrogens with zero attached hydrogens (tertiary/aromatic N) is 1. The van der Waals surface area contributed by atoms with E-state index in [2.05, 4.69) is 0 Å². The number of carbonyl (C=O) groups excluding carboxylic acids is 1. The molecule has 0 N–H and O–H groups in total. The second kappa shape index (κ2) is 6.13. The molecule has 1 amide bonds. The highest BCUT2D eigenvalue weighted by atomic mass is 16.5. The highest BCUT2D eigenvalue weighted by Crippen LogP contribution is 2.31. The molecule has 0 radical (unpaired) electrons. The van der Waals surface area contributed by atoms with Crippen molar-refractivity contribution >= 4 is 5.91 Å². The first-order valence-electron chi connectivity index (χ1n) is 6.73. The average molecular weight is 279 g/mol. The molecule has 110 valence electrons. The number of benzene rings is 1. The van der Waals surface area contributed by atoms with Crippen molar-refractivity contribution < 1.29 is 19.0 Å². The van der Waals surface area contributed by atoms with Crippen LogP contribution >= 0.6 is 0 Å². The Hall–Kier alpha value is -1.75. The number of hydrogen-bond donors (Lipinski definition) is 0. The quantitative estimate of drug-likeness (QED) is 0.848. The van der Waals surface area contributed by atoms with Crippen molar-refractivity contribution in [1.29, 1.82) is 0 Å². The molecule has 5 heteroatoms. The largest absolute Gasteiger partial charge is 0.496 e. The van der Waals surface area contributed by atoms with Gasteiger partial charge >= 0.3 is 0 Å². The third-order valence-corrected chi connectivity index (χ3v) is 3.79. The van der Waals surface area contributed by atoms with Crippen molar-refractivity contribution in [2.45, 2.75) is 26.0 Å². The second-order valence-corrected chi connectivity index (χ2v) is 4.85. The number of ether oxygens (including phenoxy) is 3. The second-order valence-electron chi connectivity index (χ2n) is 4.85. The molecule has 0 bridgehead atoms. The number of rotatable bonds is 3. The Morgan fingerprint density at radius 2 is 1.85 bits per heavy atom. The summed E-state index contributed by atoms with van der Waals surface area (Å²) < 4.78 is 16.2. The summed E-state index contributed by atoms with van der Waals surface area (Å²) in [6.45, 7) is 5.09. The number of carbonyl (C=O) groups is 1. The van der Waals surface area contributed by atoms with Gasteiger partial charge in [0.15, 0.2) is 0 Å². The van der Waals surface area contributed by atoms with Gasteiger partial charge in [0.1, 0.15) is 17.1 Å². The van der Waals surface area contributed by atoms with Gasteiger partial charge in [-0.2, -0.15) is 0 Å². The lowest BCUT2D eigenvalue weighted by molar-refractivity contribution is -0.0442. The third-order valence-electron chi connectivity index (χ3n) is 3.79. The molecule has 1 heterocycles. The van der Waals surface area contributed by atoms with E-state index >= 15 is 0 Å². The van der Waals surface area contributed by atoms with E-state index in [4.69, 9.17) is 14.2 Å². The lowest BCUT2D eigenvalue weighted by Crippen LogP contribution is -2.51. The van der Waals surface area contributed by atoms with Gasteiger partial charge in [0, 0.05) is 6.54 Å². The molecule has 1 aliphatic rings. The Kier molecular flexibility index (Phi) is 4.49. The number of methoxy groups -OCH3 is 2. The van der Waals surface area contributed by atoms with Crippen molar-refractivity contribution in [1.82, 2.24) is 4.90 Å². The molecule has 2 atom stereocenters. The Balaban J connectivity index is 2.37. The molecule has 1 aromatic carbocycles. The van der Waals surface area contributed by atoms with Crippen LogP contribution in [0.3, 0.4) is 0 Å². The van der Waals surface area contributed by atoms with E-state index in [0.29, 0.717) is 30.2 Å². The van der Waals surface area contributed by atoms with Gasteiger partial charge in [0.2, 0.25) is 0 Å². The Bertz CT molecular complexity index is 467. The molecular weight excluding hydrogens is 258 g/mol. The molecule has 1 aliphatic heterocycles. The molecular formula is C15H21NO4. The van der Waals surface area contributed by atoms with Gasteiger partial charge in [-0.15, -0.1) is 0 Å². The Labute approximate surface area is 119 Å². The SMILES string of the molecule is COc1cccc(OC)c1C(=O)N1CCOC(C)C1C. The summed E-state index contributed by atoms with van der Waals surface area (Å²) in [6.07, 6.45) is 0.0217. The van der Waals surface area contributed by atoms with E-state index < -0.39 is 0 Å². The molecule has 2 unspecified atom stereocenters. The molecule has 1 saturated heterocycles. The van der Waals surface area contributed by atoms with Crippen molar-refractivity contribution in [2.75, 3.05) is 27.4 Å². The van der Waals surface area contributed by atoms with Crippen LogP contribution in [0.1, 0.15) is 24.2 Å². The summed E-state index contributed by atoms with van der Waals surface area (Å²) in [5, 5.41) is 0. The van der Waals surface area contributed by atoms with Gasteiger partial charge in [0.25, 0.3) is 5.91 Å². The van der Waals surface area contributed by atoms with Crippen LogP contribution in [-0.4, -0.2) is 50.3 Å². The van der Waals surface area contributed by atoms with Gasteiger partial charge in [-0.25, -0.2) is 0 Å². The van der Waals surface area contributed by atoms with Gasteiger partial charge in [0.05, 0.1) is 33.0 Å². The van der Waals surface area contributed by atoms with Crippen LogP contribution in [0.4, 0.5) is 0 Å². The summed E-state index contributed by atoms with van der Waals surface area (Å²) >= 11 is 0. The predicted molar refractivity (Wildman–Crippen MR) is 75.5 cm³/mol. The van der Waals surface area contributed by atoms with Crippen LogP contribution in [0.15, 0.2) is 18.2 Å². The monoisotopic (exact) mass is 279 g/mol. The fourth-order valence-electron chi connectivity index (χ4n) is 2.43. The van der Waals surface area contributed by atoms with Crippen molar-refractivity contribution in [3.8, 4) is 11.5 Å². The molecule has 1 aromatic rings. The molecule has 20 heavy (non-hydrogen) atoms. The van der Waals surface area contributed by atoms with E-state index in [0.717, 1.165) is 0 Å². The summed E-state index contributed by atoms with van der Waals surface area (Å²) in [5.41, 5.74) is 0.471. The average Bonchev–Trinajstić information content (AvgIpc) is 2.48. The van der Waals surface area contributed by atoms with Gasteiger partial charge in [-0.05, 0) is 26.0 Å². The number of hydrogen-bond acceptors (Lipinski definition) is 4. The molecule has 2 rings (SSSR count). The Morgan fingerprint density at radius 1 is 1.25 bits per heavy atom. The molecule has 5 nitrogen and oxygen atoms in total. The minimum absolute atomic E-state index is 0.0193. The topological polar surface area (TPSA) is 48.0 Å². The first kappa shape index (κ1) is 14.7. The molecule has 0 aromatic heterocycles. The zero-order chi connectivity index (χ0) is 14.7. The Morgan fingerprint density at radius 3 is 2.40 bits per heavy atom. The van der Waals surface area contributed by atoms with Gasteiger partial charge in [-0.3, -0.25) is 4.79 Å². The van der Waals surface area contributed by atoms with Crippen molar-refractivity contribution in [3.05, 3.63) is 23.8 Å². The molecule has 0 saturated carbocycles. The number of morpholine rings is 1. The maximum absolute atomic E-state index is 12.8. The van der Waals surface area contributed by atoms with Crippen LogP contribution in [0.25, 0.3) is 0 Å². The van der Waals surface area contributed by atoms with Crippen molar-refractivity contribution in [2.24, 2.45) is 0 Å². The van der Waals surface area contributed by atoms with Gasteiger partial charge in [-0.1, -0.05) is 6.07 Å². The first-order chi connectivity index (χ1) is 9.60. The minimum Gasteiger partial charge on any atom is -0.496 e. The maximum Gasteiger partial charge on any atom is 0.261 e. The normalized spacial score (nSPS) is 22.5. The zero-order valence-electron chi connectivity index (χ0n) is 12.4. The van der Waals surface area contributed by atoms with Gasteiger partial charge < -0.3 is 19.1 Å². The molecule has 0 aliphatic carbocycles. The summed E-state index contributed by atoms with van der Waals surface area (Å²) in [5.74, 6) is 0.975. The third kappa shape index (κ3) is 2.58. The highest BCUT2D eigenvalue weighted by Gasteiger charge is 2.32. The van der Waals surface area contributed by atoms with Crippen LogP contribution in [-0.2, 0) is 4.74 Å². The standard InChI is InChI=1S/C15H21NO4/c1-10-11(2)20-9-8-16(10)15(17)14-12(18-3)6-5-7-13(14)19-4/h5-7,10-11H,8-9H2,1-4H3. The van der Waals surface area contributed by atoms with E-state index in [-0.39, 0.29) is 18.1 Å². The first-order valence-corrected chi connectivity index (χ1v) is 6.73. The van der Waals surface area contributed by atoms with E-state index in [9.17, 15) is 4.79 Å².